The maximum absolute atomic E-state index is 12.4. The molecule has 0 aliphatic heterocycles. The molecule has 0 bridgehead atoms. The van der Waals surface area contributed by atoms with E-state index >= 15 is 0 Å². The second kappa shape index (κ2) is 7.75. The highest BCUT2D eigenvalue weighted by atomic mass is 16.5. The molecular formula is C22H18N4O2. The van der Waals surface area contributed by atoms with Crippen LogP contribution in [0.15, 0.2) is 94.7 Å². The lowest BCUT2D eigenvalue weighted by atomic mass is 10.1. The summed E-state index contributed by atoms with van der Waals surface area (Å²) in [5.74, 6) is 0. The van der Waals surface area contributed by atoms with Gasteiger partial charge >= 0.3 is 6.03 Å². The maximum atomic E-state index is 12.4. The van der Waals surface area contributed by atoms with Gasteiger partial charge in [-0.15, -0.1) is 0 Å². The predicted molar refractivity (Wildman–Crippen MR) is 107 cm³/mol. The molecule has 0 aliphatic rings. The molecule has 0 fully saturated rings. The SMILES string of the molecule is Cc1c(-c2cccnc2)n(-c2ccccc2)o/c1=N/C(=O)Nc1ccccc1. The largest absolute Gasteiger partial charge is 0.354 e. The normalized spacial score (nSPS) is 11.4. The summed E-state index contributed by atoms with van der Waals surface area (Å²) in [4.78, 5) is 20.7. The van der Waals surface area contributed by atoms with E-state index in [9.17, 15) is 4.79 Å². The van der Waals surface area contributed by atoms with Crippen LogP contribution in [0.25, 0.3) is 16.9 Å². The predicted octanol–water partition coefficient (Wildman–Crippen LogP) is 4.57. The van der Waals surface area contributed by atoms with E-state index in [1.807, 2.05) is 67.6 Å². The summed E-state index contributed by atoms with van der Waals surface area (Å²) >= 11 is 0. The maximum Gasteiger partial charge on any atom is 0.348 e. The summed E-state index contributed by atoms with van der Waals surface area (Å²) in [6, 6.07) is 22.1. The fourth-order valence-corrected chi connectivity index (χ4v) is 2.91. The number of urea groups is 1. The van der Waals surface area contributed by atoms with Crippen LogP contribution in [0.2, 0.25) is 0 Å². The van der Waals surface area contributed by atoms with E-state index in [4.69, 9.17) is 4.52 Å². The number of para-hydroxylation sites is 2. The van der Waals surface area contributed by atoms with Crippen LogP contribution in [-0.4, -0.2) is 15.8 Å². The molecule has 0 spiro atoms. The highest BCUT2D eigenvalue weighted by molar-refractivity contribution is 5.89. The lowest BCUT2D eigenvalue weighted by Gasteiger charge is -2.06. The lowest BCUT2D eigenvalue weighted by Crippen LogP contribution is -2.12. The van der Waals surface area contributed by atoms with E-state index in [1.165, 1.54) is 0 Å². The molecule has 1 N–H and O–H groups in total. The molecule has 2 heterocycles. The molecule has 0 radical (unpaired) electrons. The van der Waals surface area contributed by atoms with Gasteiger partial charge in [-0.3, -0.25) is 4.98 Å². The molecule has 4 rings (SSSR count). The van der Waals surface area contributed by atoms with Gasteiger partial charge in [0.25, 0.3) is 5.55 Å². The third-order valence-corrected chi connectivity index (χ3v) is 4.21. The van der Waals surface area contributed by atoms with Gasteiger partial charge in [0.1, 0.15) is 0 Å². The first kappa shape index (κ1) is 17.5. The molecule has 0 atom stereocenters. The van der Waals surface area contributed by atoms with Gasteiger partial charge in [-0.25, -0.2) is 4.79 Å². The zero-order chi connectivity index (χ0) is 19.3. The van der Waals surface area contributed by atoms with Crippen molar-refractivity contribution in [2.45, 2.75) is 6.92 Å². The number of benzene rings is 2. The first-order chi connectivity index (χ1) is 13.7. The van der Waals surface area contributed by atoms with Gasteiger partial charge < -0.3 is 9.84 Å². The van der Waals surface area contributed by atoms with Gasteiger partial charge in [0.05, 0.1) is 11.4 Å². The number of nitrogens with one attached hydrogen (secondary N) is 1. The van der Waals surface area contributed by atoms with E-state index in [2.05, 4.69) is 15.3 Å². The third-order valence-electron chi connectivity index (χ3n) is 4.21. The Morgan fingerprint density at radius 3 is 2.39 bits per heavy atom. The highest BCUT2D eigenvalue weighted by Gasteiger charge is 2.17. The molecule has 28 heavy (non-hydrogen) atoms. The lowest BCUT2D eigenvalue weighted by molar-refractivity contribution is 0.255. The Balaban J connectivity index is 1.81. The monoisotopic (exact) mass is 370 g/mol. The first-order valence-corrected chi connectivity index (χ1v) is 8.82. The molecule has 6 heteroatoms. The van der Waals surface area contributed by atoms with Crippen molar-refractivity contribution in [2.24, 2.45) is 4.99 Å². The van der Waals surface area contributed by atoms with Crippen molar-refractivity contribution in [3.05, 3.63) is 96.3 Å². The Morgan fingerprint density at radius 1 is 1.00 bits per heavy atom. The summed E-state index contributed by atoms with van der Waals surface area (Å²) in [7, 11) is 0. The molecule has 2 aromatic carbocycles. The van der Waals surface area contributed by atoms with Crippen molar-refractivity contribution < 1.29 is 9.32 Å². The molecule has 4 aromatic rings. The average Bonchev–Trinajstić information content (AvgIpc) is 3.06. The molecule has 2 amide bonds. The third kappa shape index (κ3) is 3.61. The van der Waals surface area contributed by atoms with Crippen molar-refractivity contribution in [3.63, 3.8) is 0 Å². The van der Waals surface area contributed by atoms with Crippen molar-refractivity contribution in [1.82, 2.24) is 9.72 Å². The number of pyridine rings is 1. The van der Waals surface area contributed by atoms with Crippen LogP contribution >= 0.6 is 0 Å². The Labute approximate surface area is 161 Å². The molecular weight excluding hydrogens is 352 g/mol. The van der Waals surface area contributed by atoms with Crippen molar-refractivity contribution >= 4 is 11.7 Å². The minimum Gasteiger partial charge on any atom is -0.354 e. The molecule has 0 aliphatic carbocycles. The van der Waals surface area contributed by atoms with Crippen LogP contribution in [0.4, 0.5) is 10.5 Å². The standard InChI is InChI=1S/C22H18N4O2/c1-16-20(17-9-8-14-23-15-17)26(19-12-6-3-7-13-19)28-21(16)25-22(27)24-18-10-4-2-5-11-18/h2-15H,1H3,(H,24,27)/b25-21+. The number of nitrogens with zero attached hydrogens (tertiary/aromatic N) is 3. The van der Waals surface area contributed by atoms with Crippen molar-refractivity contribution in [1.29, 1.82) is 0 Å². The summed E-state index contributed by atoms with van der Waals surface area (Å²) in [5, 5.41) is 2.74. The number of amides is 2. The van der Waals surface area contributed by atoms with Crippen LogP contribution in [0.3, 0.4) is 0 Å². The molecule has 138 valence electrons. The fourth-order valence-electron chi connectivity index (χ4n) is 2.91. The van der Waals surface area contributed by atoms with Crippen LogP contribution in [0, 0.1) is 6.92 Å². The molecule has 0 saturated heterocycles. The van der Waals surface area contributed by atoms with Crippen LogP contribution in [-0.2, 0) is 0 Å². The van der Waals surface area contributed by atoms with Gasteiger partial charge in [-0.1, -0.05) is 36.4 Å². The number of hydrogen-bond donors (Lipinski definition) is 1. The highest BCUT2D eigenvalue weighted by Crippen LogP contribution is 2.24. The van der Waals surface area contributed by atoms with E-state index < -0.39 is 6.03 Å². The molecule has 2 aromatic heterocycles. The zero-order valence-corrected chi connectivity index (χ0v) is 15.2. The average molecular weight is 370 g/mol. The Hall–Kier alpha value is -3.93. The second-order valence-electron chi connectivity index (χ2n) is 6.15. The topological polar surface area (TPSA) is 72.4 Å². The Kier molecular flexibility index (Phi) is 4.84. The van der Waals surface area contributed by atoms with E-state index in [-0.39, 0.29) is 5.55 Å². The van der Waals surface area contributed by atoms with Crippen LogP contribution in [0.1, 0.15) is 5.56 Å². The smallest absolute Gasteiger partial charge is 0.348 e. The number of hydrogen-bond acceptors (Lipinski definition) is 3. The Bertz CT molecular complexity index is 1150. The minimum atomic E-state index is -0.499. The van der Waals surface area contributed by atoms with Crippen molar-refractivity contribution in [3.8, 4) is 16.9 Å². The van der Waals surface area contributed by atoms with Gasteiger partial charge in [0, 0.05) is 29.2 Å². The Morgan fingerprint density at radius 2 is 1.71 bits per heavy atom. The quantitative estimate of drug-likeness (QED) is 0.574. The summed E-state index contributed by atoms with van der Waals surface area (Å²) in [6.07, 6.45) is 3.47. The second-order valence-corrected chi connectivity index (χ2v) is 6.15. The van der Waals surface area contributed by atoms with E-state index in [1.54, 1.807) is 29.3 Å². The van der Waals surface area contributed by atoms with Gasteiger partial charge in [-0.05, 0) is 43.3 Å². The van der Waals surface area contributed by atoms with Crippen molar-refractivity contribution in [2.75, 3.05) is 5.32 Å². The number of rotatable bonds is 3. The van der Waals surface area contributed by atoms with Gasteiger partial charge in [0.2, 0.25) is 0 Å². The van der Waals surface area contributed by atoms with Gasteiger partial charge in [-0.2, -0.15) is 9.73 Å². The first-order valence-electron chi connectivity index (χ1n) is 8.82. The molecule has 6 nitrogen and oxygen atoms in total. The summed E-state index contributed by atoms with van der Waals surface area (Å²) in [5.41, 5.74) is 4.16. The molecule has 0 unspecified atom stereocenters. The fraction of sp³-hybridized carbons (Fsp3) is 0.0455. The number of carbonyl (C=O) groups is 1. The van der Waals surface area contributed by atoms with E-state index in [0.717, 1.165) is 22.5 Å². The van der Waals surface area contributed by atoms with E-state index in [0.29, 0.717) is 5.69 Å². The van der Waals surface area contributed by atoms with Gasteiger partial charge in [0.15, 0.2) is 0 Å². The number of aromatic nitrogens is 2. The van der Waals surface area contributed by atoms with Crippen LogP contribution in [0.5, 0.6) is 0 Å². The summed E-state index contributed by atoms with van der Waals surface area (Å²) < 4.78 is 7.62. The molecule has 0 saturated carbocycles. The zero-order valence-electron chi connectivity index (χ0n) is 15.2. The minimum absolute atomic E-state index is 0.246. The number of anilines is 1. The number of carbonyl (C=O) groups excluding carboxylic acids is 1. The van der Waals surface area contributed by atoms with Crippen LogP contribution < -0.4 is 10.9 Å². The summed E-state index contributed by atoms with van der Waals surface area (Å²) in [6.45, 7) is 1.87.